The first-order valence-corrected chi connectivity index (χ1v) is 5.25. The Kier molecular flexibility index (Phi) is 2.18. The van der Waals surface area contributed by atoms with Crippen LogP contribution in [0.4, 0.5) is 0 Å². The Hall–Kier alpha value is -0.370. The molecule has 2 aliphatic carbocycles. The van der Waals surface area contributed by atoms with Crippen LogP contribution in [-0.2, 0) is 9.53 Å². The summed E-state index contributed by atoms with van der Waals surface area (Å²) < 4.78 is 5.41. The molecule has 0 heterocycles. The van der Waals surface area contributed by atoms with Crippen LogP contribution in [-0.4, -0.2) is 19.0 Å². The highest BCUT2D eigenvalue weighted by Gasteiger charge is 2.66. The van der Waals surface area contributed by atoms with Crippen LogP contribution in [0.15, 0.2) is 0 Å². The molecule has 0 N–H and O–H groups in total. The molecule has 0 aromatic rings. The minimum Gasteiger partial charge on any atom is -0.380 e. The minimum atomic E-state index is 0.220. The first kappa shape index (κ1) is 9.20. The van der Waals surface area contributed by atoms with E-state index in [1.807, 2.05) is 0 Å². The number of rotatable bonds is 2. The number of hydrogen-bond donors (Lipinski definition) is 0. The molecule has 2 aliphatic rings. The summed E-state index contributed by atoms with van der Waals surface area (Å²) in [5.74, 6) is 0.548. The molecule has 0 aromatic heterocycles. The van der Waals surface area contributed by atoms with E-state index in [0.29, 0.717) is 5.78 Å². The molecule has 2 heteroatoms. The summed E-state index contributed by atoms with van der Waals surface area (Å²) in [6.07, 6.45) is 6.55. The number of ketones is 1. The van der Waals surface area contributed by atoms with E-state index in [4.69, 9.17) is 4.74 Å². The molecule has 0 amide bonds. The Bertz CT molecular complexity index is 216. The average molecular weight is 182 g/mol. The summed E-state index contributed by atoms with van der Waals surface area (Å²) in [6.45, 7) is 1.71. The van der Waals surface area contributed by atoms with E-state index in [0.717, 1.165) is 0 Å². The van der Waals surface area contributed by atoms with Crippen molar-refractivity contribution in [3.63, 3.8) is 0 Å². The zero-order valence-electron chi connectivity index (χ0n) is 8.51. The van der Waals surface area contributed by atoms with Crippen molar-refractivity contribution >= 4 is 5.78 Å². The topological polar surface area (TPSA) is 26.3 Å². The molecule has 2 unspecified atom stereocenters. The maximum Gasteiger partial charge on any atom is 0.136 e. The largest absolute Gasteiger partial charge is 0.380 e. The van der Waals surface area contributed by atoms with E-state index in [2.05, 4.69) is 0 Å². The van der Waals surface area contributed by atoms with Crippen molar-refractivity contribution < 1.29 is 9.53 Å². The van der Waals surface area contributed by atoms with Crippen molar-refractivity contribution in [2.45, 2.75) is 45.1 Å². The van der Waals surface area contributed by atoms with Crippen molar-refractivity contribution in [3.05, 3.63) is 0 Å². The third-order valence-electron chi connectivity index (χ3n) is 3.86. The lowest BCUT2D eigenvalue weighted by Crippen LogP contribution is -2.14. The number of ether oxygens (including phenoxy) is 1. The third-order valence-corrected chi connectivity index (χ3v) is 3.86. The van der Waals surface area contributed by atoms with Crippen LogP contribution in [0.2, 0.25) is 0 Å². The first-order valence-electron chi connectivity index (χ1n) is 5.25. The van der Waals surface area contributed by atoms with E-state index in [-0.39, 0.29) is 17.4 Å². The zero-order valence-corrected chi connectivity index (χ0v) is 8.51. The highest BCUT2D eigenvalue weighted by molar-refractivity contribution is 5.83. The molecular formula is C11H18O2. The molecule has 0 aromatic carbocycles. The number of methoxy groups -OCH3 is 1. The van der Waals surface area contributed by atoms with Crippen molar-refractivity contribution in [1.82, 2.24) is 0 Å². The predicted octanol–water partition coefficient (Wildman–Crippen LogP) is 2.17. The van der Waals surface area contributed by atoms with Gasteiger partial charge in [-0.1, -0.05) is 19.3 Å². The summed E-state index contributed by atoms with van der Waals surface area (Å²) in [6, 6.07) is 0. The molecule has 13 heavy (non-hydrogen) atoms. The first-order chi connectivity index (χ1) is 6.22. The monoisotopic (exact) mass is 182 g/mol. The van der Waals surface area contributed by atoms with Crippen molar-refractivity contribution in [1.29, 1.82) is 0 Å². The van der Waals surface area contributed by atoms with Gasteiger partial charge in [0.25, 0.3) is 0 Å². The van der Waals surface area contributed by atoms with Gasteiger partial charge in [0.2, 0.25) is 0 Å². The smallest absolute Gasteiger partial charge is 0.136 e. The molecule has 1 spiro atoms. The number of hydrogen-bond acceptors (Lipinski definition) is 2. The van der Waals surface area contributed by atoms with Gasteiger partial charge in [-0.2, -0.15) is 0 Å². The van der Waals surface area contributed by atoms with Gasteiger partial charge in [-0.15, -0.1) is 0 Å². The molecule has 2 saturated carbocycles. The molecule has 2 fully saturated rings. The maximum atomic E-state index is 11.4. The summed E-state index contributed by atoms with van der Waals surface area (Å²) >= 11 is 0. The van der Waals surface area contributed by atoms with Gasteiger partial charge >= 0.3 is 0 Å². The Morgan fingerprint density at radius 2 is 1.92 bits per heavy atom. The SMILES string of the molecule is COC1C(C(C)=O)C12CCCCC2. The van der Waals surface area contributed by atoms with Gasteiger partial charge in [-0.25, -0.2) is 0 Å². The van der Waals surface area contributed by atoms with Gasteiger partial charge in [0.1, 0.15) is 5.78 Å². The second kappa shape index (κ2) is 3.09. The van der Waals surface area contributed by atoms with E-state index in [1.165, 1.54) is 32.1 Å². The van der Waals surface area contributed by atoms with Gasteiger partial charge in [-0.05, 0) is 19.8 Å². The fourth-order valence-electron chi connectivity index (χ4n) is 3.25. The predicted molar refractivity (Wildman–Crippen MR) is 50.5 cm³/mol. The lowest BCUT2D eigenvalue weighted by molar-refractivity contribution is -0.119. The normalized spacial score (nSPS) is 36.2. The van der Waals surface area contributed by atoms with Crippen LogP contribution in [0.25, 0.3) is 0 Å². The van der Waals surface area contributed by atoms with E-state index in [9.17, 15) is 4.79 Å². The summed E-state index contributed by atoms with van der Waals surface area (Å²) in [4.78, 5) is 11.4. The number of carbonyl (C=O) groups is 1. The second-order valence-corrected chi connectivity index (χ2v) is 4.54. The van der Waals surface area contributed by atoms with E-state index >= 15 is 0 Å². The van der Waals surface area contributed by atoms with Crippen molar-refractivity contribution in [2.24, 2.45) is 11.3 Å². The standard InChI is InChI=1S/C11H18O2/c1-8(12)9-10(13-2)11(9)6-4-3-5-7-11/h9-10H,3-7H2,1-2H3. The maximum absolute atomic E-state index is 11.4. The van der Waals surface area contributed by atoms with Crippen LogP contribution < -0.4 is 0 Å². The molecule has 0 aliphatic heterocycles. The van der Waals surface area contributed by atoms with E-state index in [1.54, 1.807) is 14.0 Å². The Balaban J connectivity index is 2.10. The highest BCUT2D eigenvalue weighted by atomic mass is 16.5. The van der Waals surface area contributed by atoms with E-state index < -0.39 is 0 Å². The van der Waals surface area contributed by atoms with Gasteiger partial charge < -0.3 is 4.74 Å². The fourth-order valence-corrected chi connectivity index (χ4v) is 3.25. The summed E-state index contributed by atoms with van der Waals surface area (Å²) in [7, 11) is 1.74. The lowest BCUT2D eigenvalue weighted by Gasteiger charge is -2.22. The van der Waals surface area contributed by atoms with Gasteiger partial charge in [0.15, 0.2) is 0 Å². The Morgan fingerprint density at radius 1 is 1.31 bits per heavy atom. The van der Waals surface area contributed by atoms with Gasteiger partial charge in [0.05, 0.1) is 12.0 Å². The van der Waals surface area contributed by atoms with Crippen LogP contribution in [0.5, 0.6) is 0 Å². The third kappa shape index (κ3) is 1.23. The minimum absolute atomic E-state index is 0.220. The fraction of sp³-hybridized carbons (Fsp3) is 0.909. The molecule has 0 saturated heterocycles. The van der Waals surface area contributed by atoms with Crippen molar-refractivity contribution in [3.8, 4) is 0 Å². The molecule has 2 nitrogen and oxygen atoms in total. The Morgan fingerprint density at radius 3 is 2.31 bits per heavy atom. The van der Waals surface area contributed by atoms with Crippen LogP contribution in [0, 0.1) is 11.3 Å². The molecule has 2 rings (SSSR count). The Labute approximate surface area is 79.7 Å². The number of carbonyl (C=O) groups excluding carboxylic acids is 1. The molecule has 0 bridgehead atoms. The number of Topliss-reactive ketones (excluding diaryl/α,β-unsaturated/α-hetero) is 1. The summed E-state index contributed by atoms with van der Waals surface area (Å²) in [5, 5.41) is 0. The molecule has 0 radical (unpaired) electrons. The molecule has 74 valence electrons. The highest BCUT2D eigenvalue weighted by Crippen LogP contribution is 2.62. The van der Waals surface area contributed by atoms with Crippen LogP contribution in [0.1, 0.15) is 39.0 Å². The zero-order chi connectivity index (χ0) is 9.47. The molecule has 2 atom stereocenters. The average Bonchev–Trinajstić information content (AvgIpc) is 2.74. The van der Waals surface area contributed by atoms with Crippen LogP contribution >= 0.6 is 0 Å². The van der Waals surface area contributed by atoms with Crippen LogP contribution in [0.3, 0.4) is 0 Å². The second-order valence-electron chi connectivity index (χ2n) is 4.54. The van der Waals surface area contributed by atoms with Gasteiger partial charge in [0, 0.05) is 12.5 Å². The quantitative estimate of drug-likeness (QED) is 0.654. The van der Waals surface area contributed by atoms with Gasteiger partial charge in [-0.3, -0.25) is 4.79 Å². The summed E-state index contributed by atoms with van der Waals surface area (Å²) in [5.41, 5.74) is 0.263. The lowest BCUT2D eigenvalue weighted by atomic mass is 9.83. The molecular weight excluding hydrogens is 164 g/mol. The van der Waals surface area contributed by atoms with Crippen molar-refractivity contribution in [2.75, 3.05) is 7.11 Å².